The van der Waals surface area contributed by atoms with Crippen LogP contribution in [0.25, 0.3) is 0 Å². The number of anilines is 1. The van der Waals surface area contributed by atoms with Crippen molar-refractivity contribution in [3.63, 3.8) is 0 Å². The van der Waals surface area contributed by atoms with Crippen LogP contribution in [0.5, 0.6) is 0 Å². The minimum Gasteiger partial charge on any atom is -0.478 e. The van der Waals surface area contributed by atoms with Gasteiger partial charge in [-0.2, -0.15) is 0 Å². The molecule has 0 unspecified atom stereocenters. The molecule has 1 heterocycles. The van der Waals surface area contributed by atoms with E-state index in [1.54, 1.807) is 6.92 Å². The topological polar surface area (TPSA) is 66.4 Å². The molecular formula is C20H25NO3S. The summed E-state index contributed by atoms with van der Waals surface area (Å²) in [5.41, 5.74) is 2.55. The molecule has 0 saturated heterocycles. The zero-order valence-corrected chi connectivity index (χ0v) is 16.2. The molecule has 2 N–H and O–H groups in total. The summed E-state index contributed by atoms with van der Waals surface area (Å²) in [6.45, 7) is 10.6. The van der Waals surface area contributed by atoms with Gasteiger partial charge in [-0.05, 0) is 48.1 Å². The van der Waals surface area contributed by atoms with E-state index in [0.29, 0.717) is 5.57 Å². The molecule has 0 aliphatic carbocycles. The highest BCUT2D eigenvalue weighted by Gasteiger charge is 2.38. The second-order valence-corrected chi connectivity index (χ2v) is 9.43. The molecule has 5 heteroatoms. The molecule has 25 heavy (non-hydrogen) atoms. The Morgan fingerprint density at radius 3 is 2.52 bits per heavy atom. The van der Waals surface area contributed by atoms with E-state index < -0.39 is 5.97 Å². The van der Waals surface area contributed by atoms with Gasteiger partial charge in [-0.25, -0.2) is 4.79 Å². The number of carbonyl (C=O) groups is 2. The van der Waals surface area contributed by atoms with E-state index in [2.05, 4.69) is 39.1 Å². The van der Waals surface area contributed by atoms with Crippen LogP contribution in [0.4, 0.5) is 5.69 Å². The molecule has 0 radical (unpaired) electrons. The number of fused-ring (bicyclic) bond motifs is 1. The second-order valence-electron chi connectivity index (χ2n) is 7.68. The Labute approximate surface area is 153 Å². The standard InChI is InChI=1S/C20H25NO3S/c1-13(10-18(23)24)6-9-17(22)21-14-7-8-16-15(11-14)19(2,3)12-20(4,5)25-16/h6-11H,12H2,1-5H3,(H,21,22)(H,23,24)/b9-6+,13-10+. The highest BCUT2D eigenvalue weighted by molar-refractivity contribution is 8.00. The molecule has 4 nitrogen and oxygen atoms in total. The van der Waals surface area contributed by atoms with Gasteiger partial charge in [0.15, 0.2) is 0 Å². The molecule has 0 fully saturated rings. The van der Waals surface area contributed by atoms with Crippen LogP contribution in [0.15, 0.2) is 46.9 Å². The van der Waals surface area contributed by atoms with Crippen LogP contribution >= 0.6 is 11.8 Å². The second kappa shape index (κ2) is 7.08. The monoisotopic (exact) mass is 359 g/mol. The largest absolute Gasteiger partial charge is 0.478 e. The summed E-state index contributed by atoms with van der Waals surface area (Å²) in [6, 6.07) is 6.02. The van der Waals surface area contributed by atoms with Crippen LogP contribution in [0, 0.1) is 0 Å². The van der Waals surface area contributed by atoms with Gasteiger partial charge in [0, 0.05) is 27.5 Å². The lowest BCUT2D eigenvalue weighted by molar-refractivity contribution is -0.131. The number of carboxylic acid groups (broad SMARTS) is 1. The van der Waals surface area contributed by atoms with E-state index in [9.17, 15) is 9.59 Å². The van der Waals surface area contributed by atoms with Crippen molar-refractivity contribution >= 4 is 29.3 Å². The summed E-state index contributed by atoms with van der Waals surface area (Å²) in [6.07, 6.45) is 4.96. The molecule has 0 saturated carbocycles. The third-order valence-electron chi connectivity index (χ3n) is 4.08. The molecule has 134 valence electrons. The molecule has 1 aromatic rings. The first-order valence-electron chi connectivity index (χ1n) is 8.22. The van der Waals surface area contributed by atoms with Gasteiger partial charge in [0.2, 0.25) is 5.91 Å². The Kier molecular flexibility index (Phi) is 5.47. The first kappa shape index (κ1) is 19.3. The first-order valence-corrected chi connectivity index (χ1v) is 9.04. The minimum absolute atomic E-state index is 0.0431. The van der Waals surface area contributed by atoms with Crippen molar-refractivity contribution < 1.29 is 14.7 Å². The first-order chi connectivity index (χ1) is 11.5. The van der Waals surface area contributed by atoms with Crippen molar-refractivity contribution in [2.45, 2.75) is 56.1 Å². The van der Waals surface area contributed by atoms with Gasteiger partial charge in [0.05, 0.1) is 0 Å². The number of benzene rings is 1. The molecule has 1 aromatic carbocycles. The van der Waals surface area contributed by atoms with Crippen LogP contribution < -0.4 is 5.32 Å². The summed E-state index contributed by atoms with van der Waals surface area (Å²) >= 11 is 1.87. The van der Waals surface area contributed by atoms with Gasteiger partial charge in [-0.3, -0.25) is 4.79 Å². The van der Waals surface area contributed by atoms with E-state index in [1.807, 2.05) is 23.9 Å². The number of carbonyl (C=O) groups excluding carboxylic acids is 1. The fraction of sp³-hybridized carbons (Fsp3) is 0.400. The van der Waals surface area contributed by atoms with E-state index in [4.69, 9.17) is 5.11 Å². The average molecular weight is 359 g/mol. The number of rotatable bonds is 4. The van der Waals surface area contributed by atoms with Crippen LogP contribution in [-0.4, -0.2) is 21.7 Å². The fourth-order valence-electron chi connectivity index (χ4n) is 3.35. The van der Waals surface area contributed by atoms with Crippen molar-refractivity contribution in [1.29, 1.82) is 0 Å². The molecule has 1 amide bonds. The molecule has 0 aromatic heterocycles. The molecule has 1 aliphatic rings. The van der Waals surface area contributed by atoms with Gasteiger partial charge in [-0.1, -0.05) is 33.8 Å². The Hall–Kier alpha value is -2.01. The summed E-state index contributed by atoms with van der Waals surface area (Å²) < 4.78 is 0.192. The summed E-state index contributed by atoms with van der Waals surface area (Å²) in [5.74, 6) is -1.31. The third kappa shape index (κ3) is 5.23. The Bertz CT molecular complexity index is 760. The lowest BCUT2D eigenvalue weighted by Crippen LogP contribution is -2.33. The Morgan fingerprint density at radius 1 is 1.20 bits per heavy atom. The molecule has 0 spiro atoms. The number of nitrogens with one attached hydrogen (secondary N) is 1. The third-order valence-corrected chi connectivity index (χ3v) is 5.35. The Morgan fingerprint density at radius 2 is 1.88 bits per heavy atom. The van der Waals surface area contributed by atoms with Gasteiger partial charge >= 0.3 is 5.97 Å². The van der Waals surface area contributed by atoms with E-state index >= 15 is 0 Å². The maximum Gasteiger partial charge on any atom is 0.328 e. The summed E-state index contributed by atoms with van der Waals surface area (Å²) in [5, 5.41) is 11.5. The van der Waals surface area contributed by atoms with Crippen molar-refractivity contribution in [1.82, 2.24) is 0 Å². The highest BCUT2D eigenvalue weighted by Crippen LogP contribution is 2.51. The summed E-state index contributed by atoms with van der Waals surface area (Å²) in [7, 11) is 0. The highest BCUT2D eigenvalue weighted by atomic mass is 32.2. The van der Waals surface area contributed by atoms with Gasteiger partial charge in [0.1, 0.15) is 0 Å². The number of aliphatic carboxylic acids is 1. The van der Waals surface area contributed by atoms with Gasteiger partial charge in [-0.15, -0.1) is 11.8 Å². The number of hydrogen-bond donors (Lipinski definition) is 2. The number of allylic oxidation sites excluding steroid dienone is 2. The maximum atomic E-state index is 12.1. The van der Waals surface area contributed by atoms with E-state index in [0.717, 1.165) is 18.2 Å². The summed E-state index contributed by atoms with van der Waals surface area (Å²) in [4.78, 5) is 23.9. The number of carboxylic acids is 1. The van der Waals surface area contributed by atoms with E-state index in [-0.39, 0.29) is 16.1 Å². The van der Waals surface area contributed by atoms with Crippen LogP contribution in [0.3, 0.4) is 0 Å². The number of thioether (sulfide) groups is 1. The maximum absolute atomic E-state index is 12.1. The lowest BCUT2D eigenvalue weighted by Gasteiger charge is -2.41. The SMILES string of the molecule is CC(/C=C/C(=O)Nc1ccc2c(c1)C(C)(C)CC(C)(C)S2)=C\C(=O)O. The predicted molar refractivity (Wildman–Crippen MR) is 103 cm³/mol. The Balaban J connectivity index is 2.17. The predicted octanol–water partition coefficient (Wildman–Crippen LogP) is 4.76. The quantitative estimate of drug-likeness (QED) is 0.600. The average Bonchev–Trinajstić information content (AvgIpc) is 2.43. The minimum atomic E-state index is -1.03. The van der Waals surface area contributed by atoms with Gasteiger partial charge in [0.25, 0.3) is 0 Å². The smallest absolute Gasteiger partial charge is 0.328 e. The van der Waals surface area contributed by atoms with Crippen LogP contribution in [0.2, 0.25) is 0 Å². The molecular weight excluding hydrogens is 334 g/mol. The van der Waals surface area contributed by atoms with Crippen LogP contribution in [-0.2, 0) is 15.0 Å². The fourth-order valence-corrected chi connectivity index (χ4v) is 4.96. The molecule has 0 atom stereocenters. The normalized spacial score (nSPS) is 18.7. The van der Waals surface area contributed by atoms with Crippen molar-refractivity contribution in [3.05, 3.63) is 47.6 Å². The molecule has 1 aliphatic heterocycles. The number of hydrogen-bond acceptors (Lipinski definition) is 3. The number of amides is 1. The van der Waals surface area contributed by atoms with Crippen molar-refractivity contribution in [3.8, 4) is 0 Å². The van der Waals surface area contributed by atoms with E-state index in [1.165, 1.54) is 22.6 Å². The van der Waals surface area contributed by atoms with Crippen LogP contribution in [0.1, 0.15) is 46.6 Å². The van der Waals surface area contributed by atoms with Crippen molar-refractivity contribution in [2.75, 3.05) is 5.32 Å². The van der Waals surface area contributed by atoms with Gasteiger partial charge < -0.3 is 10.4 Å². The van der Waals surface area contributed by atoms with Crippen molar-refractivity contribution in [2.24, 2.45) is 0 Å². The molecule has 0 bridgehead atoms. The lowest BCUT2D eigenvalue weighted by atomic mass is 9.77. The molecule has 2 rings (SSSR count). The zero-order chi connectivity index (χ0) is 18.8. The zero-order valence-electron chi connectivity index (χ0n) is 15.3.